The molecule has 0 spiro atoms. The number of carbonyl (C=O) groups is 1. The Morgan fingerprint density at radius 2 is 1.81 bits per heavy atom. The summed E-state index contributed by atoms with van der Waals surface area (Å²) >= 11 is 0. The number of carbonyl (C=O) groups excluding carboxylic acids is 1. The third-order valence-corrected chi connectivity index (χ3v) is 6.81. The third kappa shape index (κ3) is 8.64. The van der Waals surface area contributed by atoms with E-state index < -0.39 is 0 Å². The Morgan fingerprint density at radius 1 is 1.03 bits per heavy atom. The van der Waals surface area contributed by atoms with Crippen molar-refractivity contribution in [2.75, 3.05) is 47.1 Å². The molecule has 204 valence electrons. The average Bonchev–Trinajstić information content (AvgIpc) is 3.29. The van der Waals surface area contributed by atoms with Gasteiger partial charge >= 0.3 is 5.97 Å². The molecule has 2 aromatic carbocycles. The molecule has 0 N–H and O–H groups in total. The van der Waals surface area contributed by atoms with Crippen LogP contribution in [0.2, 0.25) is 0 Å². The van der Waals surface area contributed by atoms with Crippen molar-refractivity contribution in [3.8, 4) is 17.2 Å². The third-order valence-electron chi connectivity index (χ3n) is 6.81. The normalized spacial score (nSPS) is 18.5. The van der Waals surface area contributed by atoms with Crippen LogP contribution in [0.1, 0.15) is 39.2 Å². The molecule has 0 aromatic heterocycles. The van der Waals surface area contributed by atoms with Crippen LogP contribution in [0.3, 0.4) is 0 Å². The van der Waals surface area contributed by atoms with Crippen molar-refractivity contribution < 1.29 is 28.5 Å². The molecule has 0 unspecified atom stereocenters. The summed E-state index contributed by atoms with van der Waals surface area (Å²) in [4.78, 5) is 15.3. The second-order valence-corrected chi connectivity index (χ2v) is 9.94. The maximum Gasteiger partial charge on any atom is 0.310 e. The standard InChI is InChI=1S/C30H43NO6/c1-6-35-30(32)26-21-31(19-23-11-8-7-9-12-23)20-24(26)17-28(22(2)3)37-25-13-14-27(34-5)29(18-25)36-16-10-15-33-4/h7-9,11-14,18,22,24,26,28H,6,10,15-17,19-21H2,1-5H3/t24-,26-,28+/m1/s1. The number of hydrogen-bond acceptors (Lipinski definition) is 7. The van der Waals surface area contributed by atoms with E-state index in [1.807, 2.05) is 31.2 Å². The Balaban J connectivity index is 1.71. The zero-order valence-electron chi connectivity index (χ0n) is 23.0. The van der Waals surface area contributed by atoms with Crippen molar-refractivity contribution in [2.24, 2.45) is 17.8 Å². The summed E-state index contributed by atoms with van der Waals surface area (Å²) in [5.74, 6) is 2.19. The van der Waals surface area contributed by atoms with Gasteiger partial charge in [-0.3, -0.25) is 9.69 Å². The van der Waals surface area contributed by atoms with E-state index in [4.69, 9.17) is 23.7 Å². The van der Waals surface area contributed by atoms with Gasteiger partial charge in [-0.25, -0.2) is 0 Å². The van der Waals surface area contributed by atoms with Gasteiger partial charge in [-0.15, -0.1) is 0 Å². The molecule has 0 bridgehead atoms. The number of likely N-dealkylation sites (tertiary alicyclic amines) is 1. The number of nitrogens with zero attached hydrogens (tertiary/aromatic N) is 1. The molecule has 2 aromatic rings. The summed E-state index contributed by atoms with van der Waals surface area (Å²) in [6, 6.07) is 16.1. The quantitative estimate of drug-likeness (QED) is 0.239. The lowest BCUT2D eigenvalue weighted by molar-refractivity contribution is -0.149. The van der Waals surface area contributed by atoms with Gasteiger partial charge < -0.3 is 23.7 Å². The maximum absolute atomic E-state index is 12.9. The SMILES string of the molecule is CCOC(=O)[C@@H]1CN(Cc2ccccc2)C[C@H]1C[C@H](Oc1ccc(OC)c(OCCCOC)c1)C(C)C. The van der Waals surface area contributed by atoms with Gasteiger partial charge in [-0.1, -0.05) is 44.2 Å². The van der Waals surface area contributed by atoms with Gasteiger partial charge in [0.05, 0.1) is 26.2 Å². The second-order valence-electron chi connectivity index (χ2n) is 9.94. The molecular formula is C30H43NO6. The zero-order valence-corrected chi connectivity index (χ0v) is 23.0. The van der Waals surface area contributed by atoms with Crippen LogP contribution in [0, 0.1) is 17.8 Å². The molecule has 1 saturated heterocycles. The number of rotatable bonds is 15. The predicted octanol–water partition coefficient (Wildman–Crippen LogP) is 5.22. The number of hydrogen-bond donors (Lipinski definition) is 0. The van der Waals surface area contributed by atoms with Crippen LogP contribution >= 0.6 is 0 Å². The van der Waals surface area contributed by atoms with Crippen LogP contribution in [0.5, 0.6) is 17.2 Å². The monoisotopic (exact) mass is 513 g/mol. The van der Waals surface area contributed by atoms with Crippen LogP contribution in [0.4, 0.5) is 0 Å². The first kappa shape index (κ1) is 28.8. The fourth-order valence-corrected chi connectivity index (χ4v) is 4.84. The minimum absolute atomic E-state index is 0.0617. The Morgan fingerprint density at radius 3 is 2.49 bits per heavy atom. The van der Waals surface area contributed by atoms with Crippen molar-refractivity contribution in [1.82, 2.24) is 4.90 Å². The minimum atomic E-state index is -0.163. The molecule has 1 heterocycles. The van der Waals surface area contributed by atoms with E-state index in [0.717, 1.165) is 31.7 Å². The number of esters is 1. The molecule has 0 radical (unpaired) electrons. The molecule has 1 aliphatic heterocycles. The van der Waals surface area contributed by atoms with E-state index in [0.29, 0.717) is 37.9 Å². The average molecular weight is 514 g/mol. The molecule has 7 nitrogen and oxygen atoms in total. The zero-order chi connectivity index (χ0) is 26.6. The summed E-state index contributed by atoms with van der Waals surface area (Å²) in [7, 11) is 3.31. The summed E-state index contributed by atoms with van der Waals surface area (Å²) in [6.07, 6.45) is 1.49. The Bertz CT molecular complexity index is 950. The van der Waals surface area contributed by atoms with Crippen LogP contribution in [0.15, 0.2) is 48.5 Å². The minimum Gasteiger partial charge on any atom is -0.493 e. The Labute approximate surface area is 222 Å². The van der Waals surface area contributed by atoms with Gasteiger partial charge in [0, 0.05) is 45.8 Å². The van der Waals surface area contributed by atoms with Crippen LogP contribution in [0.25, 0.3) is 0 Å². The fraction of sp³-hybridized carbons (Fsp3) is 0.567. The maximum atomic E-state index is 12.9. The van der Waals surface area contributed by atoms with E-state index in [1.54, 1.807) is 14.2 Å². The van der Waals surface area contributed by atoms with Gasteiger partial charge in [0.2, 0.25) is 0 Å². The molecule has 3 atom stereocenters. The highest BCUT2D eigenvalue weighted by atomic mass is 16.5. The Hall–Kier alpha value is -2.77. The van der Waals surface area contributed by atoms with E-state index in [-0.39, 0.29) is 29.8 Å². The molecular weight excluding hydrogens is 470 g/mol. The molecule has 3 rings (SSSR count). The molecule has 7 heteroatoms. The number of ether oxygens (including phenoxy) is 5. The molecule has 0 saturated carbocycles. The molecule has 1 aliphatic rings. The van der Waals surface area contributed by atoms with Crippen molar-refractivity contribution in [3.63, 3.8) is 0 Å². The summed E-state index contributed by atoms with van der Waals surface area (Å²) in [5, 5.41) is 0. The first-order valence-electron chi connectivity index (χ1n) is 13.3. The highest BCUT2D eigenvalue weighted by molar-refractivity contribution is 5.73. The number of benzene rings is 2. The van der Waals surface area contributed by atoms with Gasteiger partial charge in [0.15, 0.2) is 11.5 Å². The number of methoxy groups -OCH3 is 2. The van der Waals surface area contributed by atoms with Gasteiger partial charge in [0.1, 0.15) is 11.9 Å². The first-order valence-corrected chi connectivity index (χ1v) is 13.3. The van der Waals surface area contributed by atoms with Crippen molar-refractivity contribution in [1.29, 1.82) is 0 Å². The molecule has 37 heavy (non-hydrogen) atoms. The molecule has 1 fully saturated rings. The summed E-state index contributed by atoms with van der Waals surface area (Å²) < 4.78 is 28.5. The topological polar surface area (TPSA) is 66.5 Å². The van der Waals surface area contributed by atoms with Crippen molar-refractivity contribution in [2.45, 2.75) is 46.3 Å². The van der Waals surface area contributed by atoms with Crippen LogP contribution in [-0.4, -0.2) is 64.1 Å². The lowest BCUT2D eigenvalue weighted by Gasteiger charge is -2.27. The Kier molecular flexibility index (Phi) is 11.5. The molecule has 0 aliphatic carbocycles. The van der Waals surface area contributed by atoms with E-state index in [9.17, 15) is 4.79 Å². The van der Waals surface area contributed by atoms with E-state index in [2.05, 4.69) is 43.0 Å². The highest BCUT2D eigenvalue weighted by Crippen LogP contribution is 2.35. The lowest BCUT2D eigenvalue weighted by Crippen LogP contribution is -2.32. The van der Waals surface area contributed by atoms with Crippen LogP contribution in [-0.2, 0) is 20.8 Å². The fourth-order valence-electron chi connectivity index (χ4n) is 4.84. The van der Waals surface area contributed by atoms with Crippen molar-refractivity contribution >= 4 is 5.97 Å². The van der Waals surface area contributed by atoms with E-state index in [1.165, 1.54) is 5.56 Å². The molecule has 0 amide bonds. The largest absolute Gasteiger partial charge is 0.493 e. The smallest absolute Gasteiger partial charge is 0.310 e. The van der Waals surface area contributed by atoms with E-state index >= 15 is 0 Å². The second kappa shape index (κ2) is 14.8. The van der Waals surface area contributed by atoms with Crippen LogP contribution < -0.4 is 14.2 Å². The van der Waals surface area contributed by atoms with Crippen molar-refractivity contribution in [3.05, 3.63) is 54.1 Å². The summed E-state index contributed by atoms with van der Waals surface area (Å²) in [5.41, 5.74) is 1.25. The van der Waals surface area contributed by atoms with Gasteiger partial charge in [0.25, 0.3) is 0 Å². The highest BCUT2D eigenvalue weighted by Gasteiger charge is 2.40. The lowest BCUT2D eigenvalue weighted by atomic mass is 9.87. The van der Waals surface area contributed by atoms with Gasteiger partial charge in [-0.05, 0) is 42.9 Å². The van der Waals surface area contributed by atoms with Gasteiger partial charge in [-0.2, -0.15) is 0 Å². The summed E-state index contributed by atoms with van der Waals surface area (Å²) in [6.45, 7) is 10.1. The predicted molar refractivity (Wildman–Crippen MR) is 144 cm³/mol. The first-order chi connectivity index (χ1) is 17.9.